The van der Waals surface area contributed by atoms with E-state index >= 15 is 0 Å². The van der Waals surface area contributed by atoms with Crippen molar-refractivity contribution in [3.63, 3.8) is 0 Å². The lowest BCUT2D eigenvalue weighted by atomic mass is 10.1. The van der Waals surface area contributed by atoms with Gasteiger partial charge in [-0.3, -0.25) is 4.68 Å². The number of aliphatic hydroxyl groups is 1. The smallest absolute Gasteiger partial charge is 0.138 e. The van der Waals surface area contributed by atoms with Crippen LogP contribution in [0, 0.1) is 0 Å². The van der Waals surface area contributed by atoms with Crippen LogP contribution in [-0.2, 0) is 13.0 Å². The Morgan fingerprint density at radius 3 is 2.61 bits per heavy atom. The Labute approximate surface area is 115 Å². The van der Waals surface area contributed by atoms with Gasteiger partial charge in [-0.2, -0.15) is 5.10 Å². The molecule has 0 fully saturated rings. The fraction of sp³-hybridized carbons (Fsp3) is 0.333. The summed E-state index contributed by atoms with van der Waals surface area (Å²) in [5.74, 6) is 0.709. The molecular weight excluding hydrogens is 273 g/mol. The first-order chi connectivity index (χ1) is 8.63. The number of aliphatic hydroxyl groups excluding tert-OH is 1. The van der Waals surface area contributed by atoms with Crippen LogP contribution in [0.5, 0.6) is 0 Å². The minimum absolute atomic E-state index is 0.331. The highest BCUT2D eigenvalue weighted by Crippen LogP contribution is 2.31. The molecule has 0 saturated heterocycles. The quantitative estimate of drug-likeness (QED) is 0.940. The van der Waals surface area contributed by atoms with E-state index in [0.29, 0.717) is 34.4 Å². The van der Waals surface area contributed by atoms with Crippen molar-refractivity contribution in [2.75, 3.05) is 0 Å². The number of aromatic nitrogens is 3. The number of aryl methyl sites for hydroxylation is 1. The fourth-order valence-corrected chi connectivity index (χ4v) is 2.46. The molecule has 1 N–H and O–H groups in total. The first kappa shape index (κ1) is 13.3. The standard InChI is InChI=1S/C12H13Cl2N3O/c1-2-17-11(15-7-16-17)6-10(18)12-8(13)4-3-5-9(12)14/h3-5,7,10,18H,2,6H2,1H3. The van der Waals surface area contributed by atoms with Gasteiger partial charge in [0, 0.05) is 28.6 Å². The Morgan fingerprint density at radius 1 is 1.33 bits per heavy atom. The molecule has 2 aromatic rings. The van der Waals surface area contributed by atoms with Gasteiger partial charge in [-0.15, -0.1) is 0 Å². The third-order valence-corrected chi connectivity index (χ3v) is 3.36. The van der Waals surface area contributed by atoms with Crippen LogP contribution in [0.4, 0.5) is 0 Å². The molecule has 6 heteroatoms. The summed E-state index contributed by atoms with van der Waals surface area (Å²) in [5, 5.41) is 15.2. The van der Waals surface area contributed by atoms with Crippen LogP contribution < -0.4 is 0 Å². The zero-order valence-electron chi connectivity index (χ0n) is 9.85. The number of benzene rings is 1. The summed E-state index contributed by atoms with van der Waals surface area (Å²) >= 11 is 12.1. The highest BCUT2D eigenvalue weighted by Gasteiger charge is 2.18. The van der Waals surface area contributed by atoms with E-state index in [1.165, 1.54) is 6.33 Å². The number of hydrogen-bond donors (Lipinski definition) is 1. The van der Waals surface area contributed by atoms with Crippen molar-refractivity contribution in [2.45, 2.75) is 26.0 Å². The van der Waals surface area contributed by atoms with E-state index in [1.54, 1.807) is 22.9 Å². The zero-order chi connectivity index (χ0) is 13.1. The van der Waals surface area contributed by atoms with Gasteiger partial charge in [-0.25, -0.2) is 4.98 Å². The third-order valence-electron chi connectivity index (χ3n) is 2.70. The molecule has 1 heterocycles. The largest absolute Gasteiger partial charge is 0.388 e. The van der Waals surface area contributed by atoms with Crippen LogP contribution >= 0.6 is 23.2 Å². The van der Waals surface area contributed by atoms with Crippen molar-refractivity contribution in [3.05, 3.63) is 46.0 Å². The summed E-state index contributed by atoms with van der Waals surface area (Å²) in [6, 6.07) is 5.16. The van der Waals surface area contributed by atoms with Crippen LogP contribution in [0.25, 0.3) is 0 Å². The normalized spacial score (nSPS) is 12.7. The monoisotopic (exact) mass is 285 g/mol. The second-order valence-corrected chi connectivity index (χ2v) is 4.66. The molecule has 0 aliphatic carbocycles. The molecule has 0 radical (unpaired) electrons. The summed E-state index contributed by atoms with van der Waals surface area (Å²) in [6.07, 6.45) is 1.01. The highest BCUT2D eigenvalue weighted by molar-refractivity contribution is 6.36. The predicted octanol–water partition coefficient (Wildman–Crippen LogP) is 2.88. The van der Waals surface area contributed by atoms with E-state index in [2.05, 4.69) is 10.1 Å². The molecule has 1 atom stereocenters. The van der Waals surface area contributed by atoms with E-state index in [4.69, 9.17) is 23.2 Å². The Morgan fingerprint density at radius 2 is 2.00 bits per heavy atom. The van der Waals surface area contributed by atoms with Crippen LogP contribution in [0.15, 0.2) is 24.5 Å². The lowest BCUT2D eigenvalue weighted by molar-refractivity contribution is 0.174. The average Bonchev–Trinajstić information content (AvgIpc) is 2.76. The maximum Gasteiger partial charge on any atom is 0.138 e. The van der Waals surface area contributed by atoms with E-state index < -0.39 is 6.10 Å². The lowest BCUT2D eigenvalue weighted by Crippen LogP contribution is -2.10. The molecule has 0 spiro atoms. The zero-order valence-corrected chi connectivity index (χ0v) is 11.4. The van der Waals surface area contributed by atoms with Crippen molar-refractivity contribution < 1.29 is 5.11 Å². The number of halogens is 2. The summed E-state index contributed by atoms with van der Waals surface area (Å²) in [4.78, 5) is 4.12. The predicted molar refractivity (Wildman–Crippen MR) is 70.8 cm³/mol. The van der Waals surface area contributed by atoms with Crippen molar-refractivity contribution in [1.29, 1.82) is 0 Å². The molecule has 1 aromatic carbocycles. The van der Waals surface area contributed by atoms with Crippen LogP contribution in [0.3, 0.4) is 0 Å². The third kappa shape index (κ3) is 2.66. The molecule has 4 nitrogen and oxygen atoms in total. The van der Waals surface area contributed by atoms with E-state index in [0.717, 1.165) is 0 Å². The number of hydrogen-bond acceptors (Lipinski definition) is 3. The van der Waals surface area contributed by atoms with Crippen molar-refractivity contribution >= 4 is 23.2 Å². The molecule has 0 aliphatic rings. The summed E-state index contributed by atoms with van der Waals surface area (Å²) in [6.45, 7) is 2.67. The van der Waals surface area contributed by atoms with Crippen molar-refractivity contribution in [1.82, 2.24) is 14.8 Å². The molecule has 1 aromatic heterocycles. The van der Waals surface area contributed by atoms with Gasteiger partial charge in [-0.05, 0) is 19.1 Å². The van der Waals surface area contributed by atoms with Gasteiger partial charge < -0.3 is 5.11 Å². The molecule has 1 unspecified atom stereocenters. The number of nitrogens with zero attached hydrogens (tertiary/aromatic N) is 3. The van der Waals surface area contributed by atoms with Gasteiger partial charge in [0.05, 0.1) is 6.10 Å². The molecule has 2 rings (SSSR count). The second kappa shape index (κ2) is 5.69. The van der Waals surface area contributed by atoms with Gasteiger partial charge in [0.1, 0.15) is 12.2 Å². The molecular formula is C12H13Cl2N3O. The Kier molecular flexibility index (Phi) is 4.22. The topological polar surface area (TPSA) is 50.9 Å². The van der Waals surface area contributed by atoms with Crippen LogP contribution in [-0.4, -0.2) is 19.9 Å². The Balaban J connectivity index is 2.25. The Bertz CT molecular complexity index is 522. The fourth-order valence-electron chi connectivity index (χ4n) is 1.81. The number of rotatable bonds is 4. The molecule has 96 valence electrons. The first-order valence-corrected chi connectivity index (χ1v) is 6.37. The second-order valence-electron chi connectivity index (χ2n) is 3.85. The maximum absolute atomic E-state index is 10.2. The van der Waals surface area contributed by atoms with Gasteiger partial charge >= 0.3 is 0 Å². The first-order valence-electron chi connectivity index (χ1n) is 5.62. The van der Waals surface area contributed by atoms with Crippen LogP contribution in [0.1, 0.15) is 24.4 Å². The minimum Gasteiger partial charge on any atom is -0.388 e. The van der Waals surface area contributed by atoms with Gasteiger partial charge in [0.15, 0.2) is 0 Å². The van der Waals surface area contributed by atoms with Gasteiger partial charge in [-0.1, -0.05) is 29.3 Å². The van der Waals surface area contributed by atoms with Crippen LogP contribution in [0.2, 0.25) is 10.0 Å². The SMILES string of the molecule is CCn1ncnc1CC(O)c1c(Cl)cccc1Cl. The van der Waals surface area contributed by atoms with Gasteiger partial charge in [0.25, 0.3) is 0 Å². The van der Waals surface area contributed by atoms with E-state index in [1.807, 2.05) is 6.92 Å². The molecule has 0 bridgehead atoms. The highest BCUT2D eigenvalue weighted by atomic mass is 35.5. The molecule has 0 saturated carbocycles. The average molecular weight is 286 g/mol. The van der Waals surface area contributed by atoms with E-state index in [9.17, 15) is 5.11 Å². The minimum atomic E-state index is -0.791. The summed E-state index contributed by atoms with van der Waals surface area (Å²) in [5.41, 5.74) is 0.534. The maximum atomic E-state index is 10.2. The van der Waals surface area contributed by atoms with E-state index in [-0.39, 0.29) is 0 Å². The van der Waals surface area contributed by atoms with Gasteiger partial charge in [0.2, 0.25) is 0 Å². The lowest BCUT2D eigenvalue weighted by Gasteiger charge is -2.14. The molecule has 0 amide bonds. The van der Waals surface area contributed by atoms with Crippen molar-refractivity contribution in [3.8, 4) is 0 Å². The van der Waals surface area contributed by atoms with Crippen molar-refractivity contribution in [2.24, 2.45) is 0 Å². The molecule has 18 heavy (non-hydrogen) atoms. The summed E-state index contributed by atoms with van der Waals surface area (Å²) < 4.78 is 1.73. The molecule has 0 aliphatic heterocycles. The Hall–Kier alpha value is -1.10. The summed E-state index contributed by atoms with van der Waals surface area (Å²) in [7, 11) is 0.